The number of hydrogen-bond acceptors (Lipinski definition) is 4. The lowest BCUT2D eigenvalue weighted by molar-refractivity contribution is -0.149. The third-order valence-electron chi connectivity index (χ3n) is 5.22. The van der Waals surface area contributed by atoms with Crippen molar-refractivity contribution in [3.63, 3.8) is 0 Å². The van der Waals surface area contributed by atoms with Gasteiger partial charge in [-0.2, -0.15) is 0 Å². The normalized spacial score (nSPS) is 20.1. The minimum Gasteiger partial charge on any atom is -0.493 e. The molecule has 6 nitrogen and oxygen atoms in total. The lowest BCUT2D eigenvalue weighted by atomic mass is 9.93. The molecule has 1 N–H and O–H groups in total. The topological polar surface area (TPSA) is 63.2 Å². The van der Waals surface area contributed by atoms with Gasteiger partial charge in [0.1, 0.15) is 5.75 Å². The van der Waals surface area contributed by atoms with Crippen molar-refractivity contribution in [1.29, 1.82) is 0 Å². The average Bonchev–Trinajstić information content (AvgIpc) is 2.69. The van der Waals surface area contributed by atoms with Crippen molar-refractivity contribution in [3.8, 4) is 5.75 Å². The van der Waals surface area contributed by atoms with E-state index in [1.54, 1.807) is 0 Å². The number of esters is 1. The number of nitrogens with one attached hydrogen (secondary N) is 1. The molecule has 150 valence electrons. The van der Waals surface area contributed by atoms with Crippen LogP contribution >= 0.6 is 24.0 Å². The van der Waals surface area contributed by atoms with E-state index in [4.69, 9.17) is 9.47 Å². The Labute approximate surface area is 178 Å². The van der Waals surface area contributed by atoms with Crippen molar-refractivity contribution in [2.24, 2.45) is 10.9 Å². The summed E-state index contributed by atoms with van der Waals surface area (Å²) in [4.78, 5) is 18.6. The van der Waals surface area contributed by atoms with Crippen molar-refractivity contribution >= 4 is 35.9 Å². The number of piperidine rings is 1. The molecule has 27 heavy (non-hydrogen) atoms. The highest BCUT2D eigenvalue weighted by molar-refractivity contribution is 14.0. The predicted octanol–water partition coefficient (Wildman–Crippen LogP) is 3.02. The molecule has 0 radical (unpaired) electrons. The first-order valence-electron chi connectivity index (χ1n) is 9.56. The number of para-hydroxylation sites is 1. The molecule has 0 aliphatic carbocycles. The van der Waals surface area contributed by atoms with E-state index in [2.05, 4.69) is 27.3 Å². The van der Waals surface area contributed by atoms with Crippen molar-refractivity contribution in [3.05, 3.63) is 29.8 Å². The summed E-state index contributed by atoms with van der Waals surface area (Å²) in [7, 11) is 1.82. The summed E-state index contributed by atoms with van der Waals surface area (Å²) in [6, 6.07) is 8.27. The standard InChI is InChI=1S/C20H29N3O3.HI/c1-3-25-19(24)15-8-11-23(12-9-15)20(21-2)22-14-16-10-13-26-18-7-5-4-6-17(16)18;/h4-7,15-16H,3,8-14H2,1-2H3,(H,21,22);1H. The summed E-state index contributed by atoms with van der Waals surface area (Å²) in [5.41, 5.74) is 1.27. The fraction of sp³-hybridized carbons (Fsp3) is 0.600. The molecule has 2 aliphatic rings. The zero-order valence-electron chi connectivity index (χ0n) is 16.1. The van der Waals surface area contributed by atoms with Crippen LogP contribution in [0.2, 0.25) is 0 Å². The number of rotatable bonds is 4. The fourth-order valence-electron chi connectivity index (χ4n) is 3.76. The Morgan fingerprint density at radius 1 is 1.30 bits per heavy atom. The van der Waals surface area contributed by atoms with Crippen molar-refractivity contribution in [2.75, 3.05) is 39.9 Å². The number of carbonyl (C=O) groups is 1. The van der Waals surface area contributed by atoms with E-state index >= 15 is 0 Å². The van der Waals surface area contributed by atoms with Gasteiger partial charge < -0.3 is 19.7 Å². The molecule has 1 unspecified atom stereocenters. The summed E-state index contributed by atoms with van der Waals surface area (Å²) in [6.07, 6.45) is 2.64. The average molecular weight is 487 g/mol. The maximum atomic E-state index is 11.9. The summed E-state index contributed by atoms with van der Waals surface area (Å²) in [5.74, 6) is 2.29. The molecule has 0 spiro atoms. The van der Waals surface area contributed by atoms with E-state index < -0.39 is 0 Å². The Kier molecular flexibility index (Phi) is 8.66. The summed E-state index contributed by atoms with van der Waals surface area (Å²) in [6.45, 7) is 5.56. The molecule has 1 saturated heterocycles. The number of nitrogens with zero attached hydrogens (tertiary/aromatic N) is 2. The number of likely N-dealkylation sites (tertiary alicyclic amines) is 1. The molecule has 1 aromatic rings. The van der Waals surface area contributed by atoms with Gasteiger partial charge in [-0.3, -0.25) is 9.79 Å². The number of hydrogen-bond donors (Lipinski definition) is 1. The van der Waals surface area contributed by atoms with Crippen molar-refractivity contribution in [1.82, 2.24) is 10.2 Å². The van der Waals surface area contributed by atoms with E-state index in [0.29, 0.717) is 12.5 Å². The predicted molar refractivity (Wildman–Crippen MR) is 117 cm³/mol. The monoisotopic (exact) mass is 487 g/mol. The first-order valence-corrected chi connectivity index (χ1v) is 9.56. The van der Waals surface area contributed by atoms with Crippen molar-refractivity contribution in [2.45, 2.75) is 32.1 Å². The van der Waals surface area contributed by atoms with Gasteiger partial charge in [-0.05, 0) is 37.8 Å². The lowest BCUT2D eigenvalue weighted by Crippen LogP contribution is -2.47. The molecular weight excluding hydrogens is 457 g/mol. The number of guanidine groups is 1. The smallest absolute Gasteiger partial charge is 0.309 e. The van der Waals surface area contributed by atoms with E-state index in [0.717, 1.165) is 57.2 Å². The zero-order valence-corrected chi connectivity index (χ0v) is 18.5. The maximum Gasteiger partial charge on any atom is 0.309 e. The van der Waals surface area contributed by atoms with Gasteiger partial charge in [-0.15, -0.1) is 24.0 Å². The lowest BCUT2D eigenvalue weighted by Gasteiger charge is -2.34. The van der Waals surface area contributed by atoms with Gasteiger partial charge in [0.15, 0.2) is 5.96 Å². The fourth-order valence-corrected chi connectivity index (χ4v) is 3.76. The molecule has 7 heteroatoms. The minimum absolute atomic E-state index is 0. The number of halogens is 1. The Hall–Kier alpha value is -1.51. The first-order chi connectivity index (χ1) is 12.7. The molecule has 0 saturated carbocycles. The van der Waals surface area contributed by atoms with Crippen LogP contribution in [0.25, 0.3) is 0 Å². The quantitative estimate of drug-likeness (QED) is 0.306. The number of carbonyl (C=O) groups excluding carboxylic acids is 1. The molecule has 0 bridgehead atoms. The third kappa shape index (κ3) is 5.49. The Morgan fingerprint density at radius 3 is 2.74 bits per heavy atom. The van der Waals surface area contributed by atoms with Gasteiger partial charge in [-0.1, -0.05) is 18.2 Å². The highest BCUT2D eigenvalue weighted by Crippen LogP contribution is 2.32. The molecule has 2 heterocycles. The summed E-state index contributed by atoms with van der Waals surface area (Å²) < 4.78 is 10.9. The van der Waals surface area contributed by atoms with Crippen LogP contribution in [0, 0.1) is 5.92 Å². The van der Waals surface area contributed by atoms with Crippen LogP contribution in [0.3, 0.4) is 0 Å². The molecule has 0 aromatic heterocycles. The van der Waals surface area contributed by atoms with Gasteiger partial charge in [-0.25, -0.2) is 0 Å². The summed E-state index contributed by atoms with van der Waals surface area (Å²) in [5, 5.41) is 3.52. The second kappa shape index (κ2) is 10.7. The maximum absolute atomic E-state index is 11.9. The number of fused-ring (bicyclic) bond motifs is 1. The number of ether oxygens (including phenoxy) is 2. The highest BCUT2D eigenvalue weighted by atomic mass is 127. The third-order valence-corrected chi connectivity index (χ3v) is 5.22. The van der Waals surface area contributed by atoms with Gasteiger partial charge in [0, 0.05) is 32.6 Å². The second-order valence-electron chi connectivity index (χ2n) is 6.81. The van der Waals surface area contributed by atoms with Crippen LogP contribution in [0.15, 0.2) is 29.3 Å². The van der Waals surface area contributed by atoms with Gasteiger partial charge in [0.25, 0.3) is 0 Å². The van der Waals surface area contributed by atoms with Crippen LogP contribution < -0.4 is 10.1 Å². The Balaban J connectivity index is 0.00000261. The van der Waals surface area contributed by atoms with E-state index in [1.807, 2.05) is 26.1 Å². The van der Waals surface area contributed by atoms with Crippen LogP contribution in [0.1, 0.15) is 37.7 Å². The Morgan fingerprint density at radius 2 is 2.04 bits per heavy atom. The molecular formula is C20H30IN3O3. The number of aliphatic imine (C=N–C) groups is 1. The molecule has 2 aliphatic heterocycles. The SMILES string of the molecule is CCOC(=O)C1CCN(C(=NC)NCC2CCOc3ccccc32)CC1.I. The Bertz CT molecular complexity index is 645. The molecule has 0 amide bonds. The molecule has 1 atom stereocenters. The van der Waals surface area contributed by atoms with Gasteiger partial charge >= 0.3 is 5.97 Å². The molecule has 1 aromatic carbocycles. The first kappa shape index (κ1) is 21.8. The molecule has 1 fully saturated rings. The van der Waals surface area contributed by atoms with Crippen LogP contribution in [0.5, 0.6) is 5.75 Å². The zero-order chi connectivity index (χ0) is 18.4. The minimum atomic E-state index is -0.0612. The van der Waals surface area contributed by atoms with E-state index in [9.17, 15) is 4.79 Å². The molecule has 3 rings (SSSR count). The second-order valence-corrected chi connectivity index (χ2v) is 6.81. The summed E-state index contributed by atoms with van der Waals surface area (Å²) >= 11 is 0. The number of benzene rings is 1. The van der Waals surface area contributed by atoms with E-state index in [1.165, 1.54) is 5.56 Å². The van der Waals surface area contributed by atoms with E-state index in [-0.39, 0.29) is 35.9 Å². The van der Waals surface area contributed by atoms with Crippen LogP contribution in [-0.4, -0.2) is 56.7 Å². The van der Waals surface area contributed by atoms with Gasteiger partial charge in [0.05, 0.1) is 19.1 Å². The highest BCUT2D eigenvalue weighted by Gasteiger charge is 2.28. The van der Waals surface area contributed by atoms with Gasteiger partial charge in [0.2, 0.25) is 0 Å². The van der Waals surface area contributed by atoms with Crippen LogP contribution in [0.4, 0.5) is 0 Å². The largest absolute Gasteiger partial charge is 0.493 e. The van der Waals surface area contributed by atoms with Crippen molar-refractivity contribution < 1.29 is 14.3 Å². The van der Waals surface area contributed by atoms with Crippen LogP contribution in [-0.2, 0) is 9.53 Å².